The molecule has 2 N–H and O–H groups in total. The van der Waals surface area contributed by atoms with Crippen LogP contribution in [0.25, 0.3) is 0 Å². The molecular formula is C18H14N4O3. The molecule has 7 heteroatoms. The Bertz CT molecular complexity index is 898. The Balaban J connectivity index is 1.44. The third-order valence-corrected chi connectivity index (χ3v) is 3.56. The molecule has 0 spiro atoms. The molecule has 4 rings (SSSR count). The predicted molar refractivity (Wildman–Crippen MR) is 92.3 cm³/mol. The molecule has 0 aliphatic carbocycles. The summed E-state index contributed by atoms with van der Waals surface area (Å²) < 4.78 is 10.6. The maximum absolute atomic E-state index is 12.1. The lowest BCUT2D eigenvalue weighted by Gasteiger charge is -2.07. The van der Waals surface area contributed by atoms with Gasteiger partial charge in [0.05, 0.1) is 12.4 Å². The molecule has 0 saturated heterocycles. The van der Waals surface area contributed by atoms with Crippen LogP contribution in [0.2, 0.25) is 0 Å². The fraction of sp³-hybridized carbons (Fsp3) is 0.0556. The first-order valence-corrected chi connectivity index (χ1v) is 7.63. The van der Waals surface area contributed by atoms with E-state index in [2.05, 4.69) is 20.6 Å². The molecule has 0 bridgehead atoms. The summed E-state index contributed by atoms with van der Waals surface area (Å²) in [6.45, 7) is 0.226. The lowest BCUT2D eigenvalue weighted by Crippen LogP contribution is -2.14. The number of rotatable bonds is 4. The normalized spacial score (nSPS) is 11.8. The van der Waals surface area contributed by atoms with E-state index in [1.54, 1.807) is 12.1 Å². The van der Waals surface area contributed by atoms with Gasteiger partial charge in [-0.15, -0.1) is 0 Å². The summed E-state index contributed by atoms with van der Waals surface area (Å²) >= 11 is 0. The summed E-state index contributed by atoms with van der Waals surface area (Å²) in [5.74, 6) is 1.60. The zero-order chi connectivity index (χ0) is 17.1. The molecule has 0 radical (unpaired) electrons. The molecule has 3 aromatic rings. The van der Waals surface area contributed by atoms with Gasteiger partial charge in [0.2, 0.25) is 6.79 Å². The summed E-state index contributed by atoms with van der Waals surface area (Å²) in [7, 11) is 0. The van der Waals surface area contributed by atoms with Gasteiger partial charge in [-0.05, 0) is 24.3 Å². The van der Waals surface area contributed by atoms with Crippen LogP contribution >= 0.6 is 0 Å². The van der Waals surface area contributed by atoms with Crippen molar-refractivity contribution in [3.8, 4) is 11.5 Å². The van der Waals surface area contributed by atoms with Crippen LogP contribution in [-0.2, 0) is 0 Å². The fourth-order valence-electron chi connectivity index (χ4n) is 2.35. The highest BCUT2D eigenvalue weighted by Gasteiger charge is 2.13. The molecule has 0 atom stereocenters. The number of amides is 1. The van der Waals surface area contributed by atoms with Crippen LogP contribution in [0.15, 0.2) is 60.9 Å². The Morgan fingerprint density at radius 2 is 1.76 bits per heavy atom. The molecule has 0 unspecified atom stereocenters. The Morgan fingerprint density at radius 1 is 0.920 bits per heavy atom. The average Bonchev–Trinajstić information content (AvgIpc) is 3.11. The topological polar surface area (TPSA) is 85.4 Å². The van der Waals surface area contributed by atoms with Gasteiger partial charge in [0.1, 0.15) is 11.5 Å². The number of para-hydroxylation sites is 1. The van der Waals surface area contributed by atoms with Crippen molar-refractivity contribution in [1.29, 1.82) is 0 Å². The number of ether oxygens (including phenoxy) is 2. The Hall–Kier alpha value is -3.61. The van der Waals surface area contributed by atoms with Crippen LogP contribution < -0.4 is 20.1 Å². The smallest absolute Gasteiger partial charge is 0.275 e. The van der Waals surface area contributed by atoms with Gasteiger partial charge in [-0.2, -0.15) is 0 Å². The first kappa shape index (κ1) is 14.9. The number of nitrogens with zero attached hydrogens (tertiary/aromatic N) is 2. The molecule has 1 amide bonds. The van der Waals surface area contributed by atoms with Gasteiger partial charge in [-0.25, -0.2) is 9.97 Å². The van der Waals surface area contributed by atoms with Gasteiger partial charge >= 0.3 is 0 Å². The molecule has 25 heavy (non-hydrogen) atoms. The molecule has 1 aliphatic rings. The molecule has 2 heterocycles. The van der Waals surface area contributed by atoms with Gasteiger partial charge in [0.15, 0.2) is 11.5 Å². The maximum Gasteiger partial charge on any atom is 0.275 e. The van der Waals surface area contributed by atoms with Crippen LogP contribution in [0.4, 0.5) is 17.2 Å². The first-order valence-electron chi connectivity index (χ1n) is 7.63. The van der Waals surface area contributed by atoms with Crippen molar-refractivity contribution in [2.75, 3.05) is 17.4 Å². The zero-order valence-electron chi connectivity index (χ0n) is 13.1. The van der Waals surface area contributed by atoms with Gasteiger partial charge in [-0.3, -0.25) is 4.79 Å². The van der Waals surface area contributed by atoms with Gasteiger partial charge in [0, 0.05) is 17.4 Å². The van der Waals surface area contributed by atoms with Crippen LogP contribution in [-0.4, -0.2) is 22.7 Å². The van der Waals surface area contributed by atoms with Gasteiger partial charge in [-0.1, -0.05) is 18.2 Å². The molecule has 7 nitrogen and oxygen atoms in total. The first-order chi connectivity index (χ1) is 12.3. The van der Waals surface area contributed by atoms with Gasteiger partial charge < -0.3 is 20.1 Å². The van der Waals surface area contributed by atoms with E-state index in [0.717, 1.165) is 5.69 Å². The SMILES string of the molecule is O=C(Nc1ccccc1)c1cnc(Nc2ccc3c(c2)OCO3)cn1. The van der Waals surface area contributed by atoms with E-state index >= 15 is 0 Å². The Kier molecular flexibility index (Phi) is 3.88. The summed E-state index contributed by atoms with van der Waals surface area (Å²) in [6.07, 6.45) is 2.93. The van der Waals surface area contributed by atoms with E-state index in [9.17, 15) is 4.79 Å². The number of anilines is 3. The molecule has 0 fully saturated rings. The van der Waals surface area contributed by atoms with E-state index in [0.29, 0.717) is 23.0 Å². The summed E-state index contributed by atoms with van der Waals surface area (Å²) in [4.78, 5) is 20.5. The van der Waals surface area contributed by atoms with E-state index in [4.69, 9.17) is 9.47 Å². The molecule has 2 aromatic carbocycles. The highest BCUT2D eigenvalue weighted by atomic mass is 16.7. The van der Waals surface area contributed by atoms with Crippen molar-refractivity contribution in [1.82, 2.24) is 9.97 Å². The van der Waals surface area contributed by atoms with Crippen LogP contribution in [0.1, 0.15) is 10.5 Å². The standard InChI is InChI=1S/C18H14N4O3/c23-18(22-12-4-2-1-3-5-12)14-9-20-17(10-19-14)21-13-6-7-15-16(8-13)25-11-24-15/h1-10H,11H2,(H,20,21)(H,22,23). The largest absolute Gasteiger partial charge is 0.454 e. The second-order valence-corrected chi connectivity index (χ2v) is 5.30. The van der Waals surface area contributed by atoms with Crippen LogP contribution in [0.5, 0.6) is 11.5 Å². The molecular weight excluding hydrogens is 320 g/mol. The predicted octanol–water partition coefficient (Wildman–Crippen LogP) is 3.20. The van der Waals surface area contributed by atoms with E-state index < -0.39 is 0 Å². The summed E-state index contributed by atoms with van der Waals surface area (Å²) in [6, 6.07) is 14.7. The van der Waals surface area contributed by atoms with Crippen molar-refractivity contribution >= 4 is 23.1 Å². The minimum Gasteiger partial charge on any atom is -0.454 e. The van der Waals surface area contributed by atoms with Crippen molar-refractivity contribution in [2.45, 2.75) is 0 Å². The van der Waals surface area contributed by atoms with Crippen LogP contribution in [0.3, 0.4) is 0 Å². The number of carbonyl (C=O) groups excluding carboxylic acids is 1. The van der Waals surface area contributed by atoms with E-state index in [-0.39, 0.29) is 18.4 Å². The highest BCUT2D eigenvalue weighted by molar-refractivity contribution is 6.02. The van der Waals surface area contributed by atoms with Gasteiger partial charge in [0.25, 0.3) is 5.91 Å². The Morgan fingerprint density at radius 3 is 2.56 bits per heavy atom. The fourth-order valence-corrected chi connectivity index (χ4v) is 2.35. The average molecular weight is 334 g/mol. The quantitative estimate of drug-likeness (QED) is 0.762. The van der Waals surface area contributed by atoms with Crippen molar-refractivity contribution in [2.24, 2.45) is 0 Å². The molecule has 1 aliphatic heterocycles. The number of fused-ring (bicyclic) bond motifs is 1. The molecule has 1 aromatic heterocycles. The molecule has 124 valence electrons. The van der Waals surface area contributed by atoms with E-state index in [1.807, 2.05) is 36.4 Å². The summed E-state index contributed by atoms with van der Waals surface area (Å²) in [5, 5.41) is 5.87. The zero-order valence-corrected chi connectivity index (χ0v) is 13.1. The number of hydrogen-bond acceptors (Lipinski definition) is 6. The van der Waals surface area contributed by atoms with Crippen molar-refractivity contribution in [3.63, 3.8) is 0 Å². The lowest BCUT2D eigenvalue weighted by molar-refractivity contribution is 0.102. The minimum absolute atomic E-state index is 0.226. The second-order valence-electron chi connectivity index (χ2n) is 5.30. The minimum atomic E-state index is -0.312. The third kappa shape index (κ3) is 3.35. The number of nitrogens with one attached hydrogen (secondary N) is 2. The third-order valence-electron chi connectivity index (χ3n) is 3.56. The number of benzene rings is 2. The van der Waals surface area contributed by atoms with E-state index in [1.165, 1.54) is 12.4 Å². The number of hydrogen-bond donors (Lipinski definition) is 2. The summed E-state index contributed by atoms with van der Waals surface area (Å²) in [5.41, 5.74) is 1.73. The van der Waals surface area contributed by atoms with Crippen molar-refractivity contribution < 1.29 is 14.3 Å². The number of carbonyl (C=O) groups is 1. The number of aromatic nitrogens is 2. The lowest BCUT2D eigenvalue weighted by atomic mass is 10.3. The monoisotopic (exact) mass is 334 g/mol. The second kappa shape index (κ2) is 6.48. The Labute approximate surface area is 143 Å². The molecule has 0 saturated carbocycles. The highest BCUT2D eigenvalue weighted by Crippen LogP contribution is 2.34. The van der Waals surface area contributed by atoms with Crippen LogP contribution in [0, 0.1) is 0 Å². The maximum atomic E-state index is 12.1. The van der Waals surface area contributed by atoms with Crippen molar-refractivity contribution in [3.05, 3.63) is 66.6 Å².